The van der Waals surface area contributed by atoms with E-state index in [-0.39, 0.29) is 11.6 Å². The van der Waals surface area contributed by atoms with Gasteiger partial charge < -0.3 is 10.5 Å². The Hall–Kier alpha value is -0.900. The Morgan fingerprint density at radius 3 is 2.74 bits per heavy atom. The highest BCUT2D eigenvalue weighted by Gasteiger charge is 2.36. The zero-order valence-corrected chi connectivity index (χ0v) is 12.4. The predicted molar refractivity (Wildman–Crippen MR) is 79.2 cm³/mol. The number of hydrogen-bond acceptors (Lipinski definition) is 3. The molecular weight excluding hydrogens is 236 g/mol. The van der Waals surface area contributed by atoms with E-state index in [9.17, 15) is 0 Å². The first-order valence-electron chi connectivity index (χ1n) is 7.22. The predicted octanol–water partition coefficient (Wildman–Crippen LogP) is 2.36. The van der Waals surface area contributed by atoms with Gasteiger partial charge in [0.05, 0.1) is 13.2 Å². The average molecular weight is 262 g/mol. The maximum Gasteiger partial charge on any atom is 0.0645 e. The molecule has 1 heterocycles. The summed E-state index contributed by atoms with van der Waals surface area (Å²) in [4.78, 5) is 2.50. The van der Waals surface area contributed by atoms with Crippen LogP contribution in [0.2, 0.25) is 0 Å². The molecule has 0 spiro atoms. The van der Waals surface area contributed by atoms with Crippen LogP contribution in [0.25, 0.3) is 0 Å². The van der Waals surface area contributed by atoms with E-state index in [4.69, 9.17) is 10.5 Å². The van der Waals surface area contributed by atoms with Crippen molar-refractivity contribution in [1.82, 2.24) is 4.90 Å². The molecule has 1 aliphatic heterocycles. The van der Waals surface area contributed by atoms with Gasteiger partial charge in [0.15, 0.2) is 0 Å². The highest BCUT2D eigenvalue weighted by molar-refractivity contribution is 5.31. The maximum atomic E-state index is 6.10. The summed E-state index contributed by atoms with van der Waals surface area (Å²) < 4.78 is 5.62. The van der Waals surface area contributed by atoms with Crippen LogP contribution in [-0.2, 0) is 11.2 Å². The Labute approximate surface area is 116 Å². The van der Waals surface area contributed by atoms with Gasteiger partial charge in [-0.2, -0.15) is 0 Å². The lowest BCUT2D eigenvalue weighted by Crippen LogP contribution is -2.55. The zero-order chi connectivity index (χ0) is 13.9. The summed E-state index contributed by atoms with van der Waals surface area (Å²) in [6, 6.07) is 8.95. The molecule has 1 aromatic rings. The highest BCUT2D eigenvalue weighted by Crippen LogP contribution is 2.31. The fourth-order valence-corrected chi connectivity index (χ4v) is 3.05. The van der Waals surface area contributed by atoms with Crippen molar-refractivity contribution in [2.45, 2.75) is 38.8 Å². The van der Waals surface area contributed by atoms with Crippen LogP contribution in [0.4, 0.5) is 0 Å². The third-order valence-electron chi connectivity index (χ3n) is 4.10. The quantitative estimate of drug-likeness (QED) is 0.905. The molecular formula is C16H26N2O. The second-order valence-corrected chi connectivity index (χ2v) is 5.86. The fourth-order valence-electron chi connectivity index (χ4n) is 3.05. The molecule has 1 saturated heterocycles. The number of ether oxygens (including phenoxy) is 1. The highest BCUT2D eigenvalue weighted by atomic mass is 16.5. The van der Waals surface area contributed by atoms with Crippen LogP contribution in [0.3, 0.4) is 0 Å². The smallest absolute Gasteiger partial charge is 0.0645 e. The first kappa shape index (κ1) is 14.5. The number of benzene rings is 1. The molecule has 0 amide bonds. The summed E-state index contributed by atoms with van der Waals surface area (Å²) in [6.07, 6.45) is 1.05. The molecule has 1 unspecified atom stereocenters. The van der Waals surface area contributed by atoms with E-state index in [0.29, 0.717) is 6.54 Å². The molecule has 1 aliphatic rings. The van der Waals surface area contributed by atoms with Crippen molar-refractivity contribution >= 4 is 0 Å². The number of hydrogen-bond donors (Lipinski definition) is 1. The maximum absolute atomic E-state index is 6.10. The molecule has 1 aromatic carbocycles. The van der Waals surface area contributed by atoms with E-state index in [1.807, 2.05) is 0 Å². The summed E-state index contributed by atoms with van der Waals surface area (Å²) in [5, 5.41) is 0. The van der Waals surface area contributed by atoms with Gasteiger partial charge in [-0.25, -0.2) is 0 Å². The van der Waals surface area contributed by atoms with Gasteiger partial charge >= 0.3 is 0 Å². The molecule has 2 N–H and O–H groups in total. The van der Waals surface area contributed by atoms with Gasteiger partial charge in [0.25, 0.3) is 0 Å². The van der Waals surface area contributed by atoms with Crippen molar-refractivity contribution in [3.63, 3.8) is 0 Å². The van der Waals surface area contributed by atoms with Crippen LogP contribution in [-0.4, -0.2) is 36.7 Å². The van der Waals surface area contributed by atoms with Crippen LogP contribution in [0.15, 0.2) is 24.3 Å². The Morgan fingerprint density at radius 1 is 1.37 bits per heavy atom. The molecule has 2 rings (SSSR count). The third-order valence-corrected chi connectivity index (χ3v) is 4.10. The topological polar surface area (TPSA) is 38.5 Å². The first-order chi connectivity index (χ1) is 9.10. The van der Waals surface area contributed by atoms with Crippen LogP contribution < -0.4 is 5.73 Å². The summed E-state index contributed by atoms with van der Waals surface area (Å²) in [7, 11) is 0. The van der Waals surface area contributed by atoms with Crippen LogP contribution in [0.5, 0.6) is 0 Å². The number of rotatable bonds is 4. The number of aryl methyl sites for hydroxylation is 1. The van der Waals surface area contributed by atoms with Crippen LogP contribution >= 0.6 is 0 Å². The Balaban J connectivity index is 2.33. The van der Waals surface area contributed by atoms with E-state index in [1.54, 1.807) is 0 Å². The van der Waals surface area contributed by atoms with Gasteiger partial charge in [-0.15, -0.1) is 0 Å². The van der Waals surface area contributed by atoms with Gasteiger partial charge in [-0.1, -0.05) is 31.2 Å². The Kier molecular flexibility index (Phi) is 4.61. The number of nitrogens with zero attached hydrogens (tertiary/aromatic N) is 1. The molecule has 1 atom stereocenters. The van der Waals surface area contributed by atoms with Crippen molar-refractivity contribution in [2.75, 3.05) is 26.3 Å². The van der Waals surface area contributed by atoms with E-state index in [0.717, 1.165) is 26.2 Å². The fraction of sp³-hybridized carbons (Fsp3) is 0.625. The molecule has 106 valence electrons. The van der Waals surface area contributed by atoms with Crippen LogP contribution in [0, 0.1) is 0 Å². The molecule has 0 radical (unpaired) electrons. The summed E-state index contributed by atoms with van der Waals surface area (Å²) in [5.74, 6) is 0. The molecule has 19 heavy (non-hydrogen) atoms. The number of morpholine rings is 1. The number of nitrogens with two attached hydrogens (primary N) is 1. The SMILES string of the molecule is CCc1ccccc1C(CN)N1CCOCC1(C)C. The lowest BCUT2D eigenvalue weighted by molar-refractivity contribution is -0.0714. The molecule has 1 fully saturated rings. The Bertz CT molecular complexity index is 417. The van der Waals surface area contributed by atoms with Crippen LogP contribution in [0.1, 0.15) is 37.9 Å². The van der Waals surface area contributed by atoms with Crippen molar-refractivity contribution in [3.8, 4) is 0 Å². The van der Waals surface area contributed by atoms with Gasteiger partial charge in [0, 0.05) is 24.7 Å². The van der Waals surface area contributed by atoms with Crippen molar-refractivity contribution in [2.24, 2.45) is 5.73 Å². The lowest BCUT2D eigenvalue weighted by atomic mass is 9.92. The molecule has 0 saturated carbocycles. The minimum atomic E-state index is 0.0448. The molecule has 3 heteroatoms. The minimum Gasteiger partial charge on any atom is -0.378 e. The average Bonchev–Trinajstić information content (AvgIpc) is 2.41. The van der Waals surface area contributed by atoms with Gasteiger partial charge in [-0.3, -0.25) is 4.90 Å². The van der Waals surface area contributed by atoms with E-state index >= 15 is 0 Å². The molecule has 3 nitrogen and oxygen atoms in total. The van der Waals surface area contributed by atoms with E-state index < -0.39 is 0 Å². The molecule has 0 bridgehead atoms. The second-order valence-electron chi connectivity index (χ2n) is 5.86. The zero-order valence-electron chi connectivity index (χ0n) is 12.4. The molecule has 0 aliphatic carbocycles. The minimum absolute atomic E-state index is 0.0448. The van der Waals surface area contributed by atoms with Gasteiger partial charge in [0.2, 0.25) is 0 Å². The standard InChI is InChI=1S/C16H26N2O/c1-4-13-7-5-6-8-14(13)15(11-17)18-9-10-19-12-16(18,2)3/h5-8,15H,4,9-12,17H2,1-3H3. The first-order valence-corrected chi connectivity index (χ1v) is 7.22. The van der Waals surface area contributed by atoms with E-state index in [1.165, 1.54) is 11.1 Å². The van der Waals surface area contributed by atoms with Crippen molar-refractivity contribution in [1.29, 1.82) is 0 Å². The Morgan fingerprint density at radius 2 is 2.11 bits per heavy atom. The summed E-state index contributed by atoms with van der Waals surface area (Å²) in [6.45, 7) is 9.86. The largest absolute Gasteiger partial charge is 0.378 e. The summed E-state index contributed by atoms with van der Waals surface area (Å²) in [5.41, 5.74) is 8.92. The third kappa shape index (κ3) is 2.99. The monoisotopic (exact) mass is 262 g/mol. The van der Waals surface area contributed by atoms with E-state index in [2.05, 4.69) is 49.9 Å². The second kappa shape index (κ2) is 6.04. The summed E-state index contributed by atoms with van der Waals surface area (Å²) >= 11 is 0. The van der Waals surface area contributed by atoms with Gasteiger partial charge in [0.1, 0.15) is 0 Å². The molecule has 0 aromatic heterocycles. The van der Waals surface area contributed by atoms with Crippen molar-refractivity contribution in [3.05, 3.63) is 35.4 Å². The lowest BCUT2D eigenvalue weighted by Gasteiger charge is -2.47. The normalized spacial score (nSPS) is 21.3. The van der Waals surface area contributed by atoms with Gasteiger partial charge in [-0.05, 0) is 31.4 Å². The van der Waals surface area contributed by atoms with Crippen molar-refractivity contribution < 1.29 is 4.74 Å².